The minimum absolute atomic E-state index is 0.0179. The molecule has 2 aromatic rings. The van der Waals surface area contributed by atoms with Gasteiger partial charge >= 0.3 is 23.9 Å². The molecule has 12 nitrogen and oxygen atoms in total. The summed E-state index contributed by atoms with van der Waals surface area (Å²) in [5.41, 5.74) is 4.72. The molecule has 1 aliphatic heterocycles. The number of piperazine rings is 1. The van der Waals surface area contributed by atoms with Crippen LogP contribution in [0.2, 0.25) is 0 Å². The van der Waals surface area contributed by atoms with E-state index in [0.717, 1.165) is 23.8 Å². The van der Waals surface area contributed by atoms with E-state index in [1.165, 1.54) is 0 Å². The number of amidine groups is 1. The molecular formula is C25H28N5O7+. The van der Waals surface area contributed by atoms with Gasteiger partial charge in [-0.3, -0.25) is 20.3 Å². The lowest BCUT2D eigenvalue weighted by atomic mass is 10.2. The van der Waals surface area contributed by atoms with Gasteiger partial charge in [0.2, 0.25) is 0 Å². The average Bonchev–Trinajstić information content (AvgIpc) is 2.89. The summed E-state index contributed by atoms with van der Waals surface area (Å²) in [5, 5.41) is 11.2. The van der Waals surface area contributed by atoms with Crippen molar-refractivity contribution in [3.63, 3.8) is 0 Å². The Kier molecular flexibility index (Phi) is 9.05. The second-order valence-corrected chi connectivity index (χ2v) is 8.27. The zero-order valence-corrected chi connectivity index (χ0v) is 20.3. The van der Waals surface area contributed by atoms with E-state index in [0.29, 0.717) is 17.7 Å². The minimum atomic E-state index is -0.975. The smallest absolute Gasteiger partial charge is 0.431 e. The fraction of sp³-hybridized carbons (Fsp3) is 0.280. The highest BCUT2D eigenvalue weighted by atomic mass is 16.7. The average molecular weight is 511 g/mol. The number of nitrogens with zero attached hydrogens (tertiary/aromatic N) is 2. The molecule has 3 rings (SSSR count). The molecule has 1 fully saturated rings. The van der Waals surface area contributed by atoms with Gasteiger partial charge in [-0.25, -0.2) is 15.0 Å². The van der Waals surface area contributed by atoms with Crippen LogP contribution in [0.4, 0.5) is 10.5 Å². The number of rotatable bonds is 10. The van der Waals surface area contributed by atoms with E-state index >= 15 is 0 Å². The SMILES string of the molecule is CC(=O)ON1CC[N+](CCCC=O)(Nc2ccc(C(=N)NC(=O)OCc3ccccc3)cc2)C(=O)C1=O. The van der Waals surface area contributed by atoms with Crippen molar-refractivity contribution in [1.29, 1.82) is 5.41 Å². The van der Waals surface area contributed by atoms with Gasteiger partial charge in [0.05, 0.1) is 5.69 Å². The molecule has 3 amide bonds. The summed E-state index contributed by atoms with van der Waals surface area (Å²) in [6, 6.07) is 15.4. The number of unbranched alkanes of at least 4 members (excludes halogenated alkanes) is 1. The van der Waals surface area contributed by atoms with Gasteiger partial charge in [-0.1, -0.05) is 30.3 Å². The van der Waals surface area contributed by atoms with Crippen molar-refractivity contribution in [1.82, 2.24) is 10.4 Å². The van der Waals surface area contributed by atoms with E-state index in [1.54, 1.807) is 24.3 Å². The van der Waals surface area contributed by atoms with Crippen molar-refractivity contribution in [2.75, 3.05) is 25.1 Å². The molecule has 0 bridgehead atoms. The van der Waals surface area contributed by atoms with Crippen LogP contribution in [0, 0.1) is 5.41 Å². The van der Waals surface area contributed by atoms with Gasteiger partial charge in [-0.15, -0.1) is 0 Å². The van der Waals surface area contributed by atoms with Crippen molar-refractivity contribution in [3.05, 3.63) is 65.7 Å². The maximum absolute atomic E-state index is 13.0. The molecule has 0 aromatic heterocycles. The monoisotopic (exact) mass is 510 g/mol. The lowest BCUT2D eigenvalue weighted by Gasteiger charge is -2.40. The van der Waals surface area contributed by atoms with Crippen molar-refractivity contribution >= 4 is 41.7 Å². The predicted molar refractivity (Wildman–Crippen MR) is 130 cm³/mol. The third kappa shape index (κ3) is 7.21. The molecule has 0 saturated carbocycles. The Morgan fingerprint density at radius 2 is 1.81 bits per heavy atom. The Labute approximate surface area is 213 Å². The maximum Gasteiger partial charge on any atom is 0.431 e. The number of anilines is 1. The maximum atomic E-state index is 13.0. The number of hydrogen-bond donors (Lipinski definition) is 3. The van der Waals surface area contributed by atoms with Crippen LogP contribution in [0.5, 0.6) is 0 Å². The van der Waals surface area contributed by atoms with Gasteiger partial charge in [-0.05, 0) is 29.8 Å². The van der Waals surface area contributed by atoms with E-state index in [4.69, 9.17) is 15.0 Å². The molecule has 3 N–H and O–H groups in total. The van der Waals surface area contributed by atoms with Crippen molar-refractivity contribution in [3.8, 4) is 0 Å². The number of carbonyl (C=O) groups excluding carboxylic acids is 5. The number of ether oxygens (including phenoxy) is 1. The van der Waals surface area contributed by atoms with Crippen LogP contribution in [0.3, 0.4) is 0 Å². The Balaban J connectivity index is 1.65. The Morgan fingerprint density at radius 3 is 2.46 bits per heavy atom. The molecule has 1 unspecified atom stereocenters. The van der Waals surface area contributed by atoms with Gasteiger partial charge in [0.25, 0.3) is 0 Å². The van der Waals surface area contributed by atoms with Crippen molar-refractivity contribution in [2.24, 2.45) is 0 Å². The highest BCUT2D eigenvalue weighted by Gasteiger charge is 2.50. The number of quaternary nitrogens is 1. The molecule has 1 aliphatic rings. The summed E-state index contributed by atoms with van der Waals surface area (Å²) in [6.45, 7) is 1.44. The second-order valence-electron chi connectivity index (χ2n) is 8.27. The third-order valence-corrected chi connectivity index (χ3v) is 5.54. The lowest BCUT2D eigenvalue weighted by molar-refractivity contribution is -0.832. The number of alkyl carbamates (subject to hydrolysis) is 1. The minimum Gasteiger partial charge on any atom is -0.444 e. The van der Waals surface area contributed by atoms with Crippen LogP contribution < -0.4 is 10.7 Å². The number of benzene rings is 2. The fourth-order valence-electron chi connectivity index (χ4n) is 3.71. The molecule has 1 saturated heterocycles. The molecular weight excluding hydrogens is 482 g/mol. The van der Waals surface area contributed by atoms with Gasteiger partial charge < -0.3 is 14.4 Å². The largest absolute Gasteiger partial charge is 0.444 e. The molecule has 1 atom stereocenters. The molecule has 0 radical (unpaired) electrons. The number of nitrogens with one attached hydrogen (secondary N) is 3. The number of hydrogen-bond acceptors (Lipinski definition) is 9. The highest BCUT2D eigenvalue weighted by Crippen LogP contribution is 2.21. The summed E-state index contributed by atoms with van der Waals surface area (Å²) >= 11 is 0. The van der Waals surface area contributed by atoms with E-state index in [2.05, 4.69) is 10.7 Å². The molecule has 12 heteroatoms. The quantitative estimate of drug-likeness (QED) is 0.109. The summed E-state index contributed by atoms with van der Waals surface area (Å²) in [6.07, 6.45) is 0.515. The molecule has 194 valence electrons. The van der Waals surface area contributed by atoms with Gasteiger partial charge in [0, 0.05) is 25.3 Å². The molecule has 2 aromatic carbocycles. The molecule has 0 spiro atoms. The van der Waals surface area contributed by atoms with Crippen LogP contribution in [0.15, 0.2) is 54.6 Å². The van der Waals surface area contributed by atoms with E-state index < -0.39 is 28.5 Å². The van der Waals surface area contributed by atoms with Crippen LogP contribution >= 0.6 is 0 Å². The van der Waals surface area contributed by atoms with E-state index in [9.17, 15) is 24.0 Å². The zero-order chi connectivity index (χ0) is 26.8. The summed E-state index contributed by atoms with van der Waals surface area (Å²) in [4.78, 5) is 64.5. The topological polar surface area (TPSA) is 155 Å². The first-order chi connectivity index (χ1) is 17.7. The summed E-state index contributed by atoms with van der Waals surface area (Å²) in [7, 11) is 0. The van der Waals surface area contributed by atoms with E-state index in [-0.39, 0.29) is 38.5 Å². The number of aldehydes is 1. The number of amides is 3. The second kappa shape index (κ2) is 12.4. The van der Waals surface area contributed by atoms with E-state index in [1.807, 2.05) is 30.3 Å². The highest BCUT2D eigenvalue weighted by molar-refractivity contribution is 6.32. The Bertz CT molecular complexity index is 1170. The lowest BCUT2D eigenvalue weighted by Crippen LogP contribution is -2.68. The fourth-order valence-corrected chi connectivity index (χ4v) is 3.71. The molecule has 1 heterocycles. The first kappa shape index (κ1) is 27.0. The van der Waals surface area contributed by atoms with Gasteiger partial charge in [0.15, 0.2) is 0 Å². The predicted octanol–water partition coefficient (Wildman–Crippen LogP) is 1.91. The van der Waals surface area contributed by atoms with Crippen LogP contribution in [0.1, 0.15) is 30.9 Å². The van der Waals surface area contributed by atoms with Gasteiger partial charge in [0.1, 0.15) is 38.4 Å². The first-order valence-electron chi connectivity index (χ1n) is 11.5. The van der Waals surface area contributed by atoms with Crippen molar-refractivity contribution in [2.45, 2.75) is 26.4 Å². The van der Waals surface area contributed by atoms with Crippen molar-refractivity contribution < 1.29 is 38.1 Å². The molecule has 37 heavy (non-hydrogen) atoms. The third-order valence-electron chi connectivity index (χ3n) is 5.54. The first-order valence-corrected chi connectivity index (χ1v) is 11.5. The van der Waals surface area contributed by atoms with Crippen LogP contribution in [0.25, 0.3) is 0 Å². The number of hydroxylamine groups is 2. The summed E-state index contributed by atoms with van der Waals surface area (Å²) < 4.78 is 4.66. The Morgan fingerprint density at radius 1 is 1.11 bits per heavy atom. The van der Waals surface area contributed by atoms with Crippen LogP contribution in [-0.2, 0) is 35.4 Å². The summed E-state index contributed by atoms with van der Waals surface area (Å²) in [5.74, 6) is -2.71. The number of carbonyl (C=O) groups is 5. The standard InChI is InChI=1S/C25H27N5O7/c1-18(32)37-29-13-15-30(14-5-6-16-31,24(34)23(29)33)28-21-11-9-20(10-12-21)22(26)27-25(35)36-17-19-7-3-2-4-8-19/h2-4,7-12,16H,5-6,13-15,17H2,1H3,(H2-,26,27,28,35)/p+1. The Hall–Kier alpha value is -4.58. The normalized spacial score (nSPS) is 17.1. The zero-order valence-electron chi connectivity index (χ0n) is 20.3. The van der Waals surface area contributed by atoms with Crippen LogP contribution in [-0.4, -0.2) is 65.3 Å². The van der Waals surface area contributed by atoms with Gasteiger partial charge in [-0.2, -0.15) is 9.66 Å². The molecule has 0 aliphatic carbocycles.